The number of benzene rings is 2. The molecule has 0 nitrogen and oxygen atoms in total. The Morgan fingerprint density at radius 1 is 0.667 bits per heavy atom. The van der Waals surface area contributed by atoms with E-state index in [2.05, 4.69) is 72.1 Å². The Kier molecular flexibility index (Phi) is 3.65. The van der Waals surface area contributed by atoms with E-state index in [9.17, 15) is 0 Å². The molecule has 0 N–H and O–H groups in total. The van der Waals surface area contributed by atoms with Crippen molar-refractivity contribution < 1.29 is 0 Å². The molecule has 0 aliphatic carbocycles. The predicted octanol–water partition coefficient (Wildman–Crippen LogP) is 5.64. The van der Waals surface area contributed by atoms with Crippen LogP contribution in [0.2, 0.25) is 0 Å². The zero-order chi connectivity index (χ0) is 10.8. The summed E-state index contributed by atoms with van der Waals surface area (Å²) in [5.74, 6) is 0. The van der Waals surface area contributed by atoms with Crippen LogP contribution in [0, 0.1) is 0 Å². The second kappa shape index (κ2) is 4.81. The smallest absolute Gasteiger partial charge is 0.0323 e. The molecule has 0 saturated carbocycles. The molecule has 0 spiro atoms. The van der Waals surface area contributed by atoms with Crippen molar-refractivity contribution in [2.24, 2.45) is 0 Å². The average Bonchev–Trinajstić information content (AvgIpc) is 2.22. The minimum atomic E-state index is 1.07. The van der Waals surface area contributed by atoms with Gasteiger partial charge in [0.2, 0.25) is 0 Å². The monoisotopic (exact) mass is 388 g/mol. The van der Waals surface area contributed by atoms with Crippen LogP contribution in [0.4, 0.5) is 0 Å². The van der Waals surface area contributed by atoms with Gasteiger partial charge >= 0.3 is 0 Å². The average molecular weight is 391 g/mol. The molecule has 0 aromatic heterocycles. The van der Waals surface area contributed by atoms with E-state index in [1.165, 1.54) is 11.1 Å². The molecule has 0 saturated heterocycles. The largest absolute Gasteiger partial charge is 0.0605 e. The van der Waals surface area contributed by atoms with Crippen LogP contribution in [0.3, 0.4) is 0 Å². The van der Waals surface area contributed by atoms with Gasteiger partial charge in [0.25, 0.3) is 0 Å². The Labute approximate surface area is 114 Å². The summed E-state index contributed by atoms with van der Waals surface area (Å²) in [5, 5.41) is 0. The SMILES string of the molecule is Brc1cccc(-c2ccc(Br)c(Br)c2)c1. The first-order valence-electron chi connectivity index (χ1n) is 4.38. The molecular weight excluding hydrogens is 384 g/mol. The van der Waals surface area contributed by atoms with Gasteiger partial charge in [-0.25, -0.2) is 0 Å². The molecule has 2 aromatic rings. The third-order valence-electron chi connectivity index (χ3n) is 2.08. The molecule has 15 heavy (non-hydrogen) atoms. The highest BCUT2D eigenvalue weighted by Gasteiger charge is 2.01. The van der Waals surface area contributed by atoms with E-state index in [-0.39, 0.29) is 0 Å². The topological polar surface area (TPSA) is 0 Å². The van der Waals surface area contributed by atoms with Crippen molar-refractivity contribution in [1.29, 1.82) is 0 Å². The molecular formula is C12H7Br3. The number of rotatable bonds is 1. The Hall–Kier alpha value is -0.120. The zero-order valence-corrected chi connectivity index (χ0v) is 12.4. The Balaban J connectivity index is 2.50. The molecule has 0 aliphatic rings. The van der Waals surface area contributed by atoms with Crippen LogP contribution < -0.4 is 0 Å². The lowest BCUT2D eigenvalue weighted by atomic mass is 10.1. The van der Waals surface area contributed by atoms with Crippen molar-refractivity contribution in [3.05, 3.63) is 55.9 Å². The second-order valence-electron chi connectivity index (χ2n) is 3.14. The summed E-state index contributed by atoms with van der Waals surface area (Å²) in [4.78, 5) is 0. The lowest BCUT2D eigenvalue weighted by Gasteiger charge is -2.04. The van der Waals surface area contributed by atoms with Gasteiger partial charge in [0.15, 0.2) is 0 Å². The third-order valence-corrected chi connectivity index (χ3v) is 4.45. The fraction of sp³-hybridized carbons (Fsp3) is 0. The van der Waals surface area contributed by atoms with Crippen molar-refractivity contribution in [3.8, 4) is 11.1 Å². The van der Waals surface area contributed by atoms with Gasteiger partial charge in [-0.2, -0.15) is 0 Å². The minimum absolute atomic E-state index is 1.07. The molecule has 0 atom stereocenters. The lowest BCUT2D eigenvalue weighted by molar-refractivity contribution is 1.54. The van der Waals surface area contributed by atoms with Crippen LogP contribution in [0.5, 0.6) is 0 Å². The van der Waals surface area contributed by atoms with Gasteiger partial charge in [-0.05, 0) is 67.3 Å². The molecule has 0 heterocycles. The molecule has 0 unspecified atom stereocenters. The van der Waals surface area contributed by atoms with Gasteiger partial charge in [0.1, 0.15) is 0 Å². The highest BCUT2D eigenvalue weighted by molar-refractivity contribution is 9.13. The molecule has 0 fully saturated rings. The second-order valence-corrected chi connectivity index (χ2v) is 5.76. The first-order valence-corrected chi connectivity index (χ1v) is 6.76. The lowest BCUT2D eigenvalue weighted by Crippen LogP contribution is -1.78. The van der Waals surface area contributed by atoms with Crippen LogP contribution in [-0.2, 0) is 0 Å². The van der Waals surface area contributed by atoms with E-state index in [1.807, 2.05) is 18.2 Å². The summed E-state index contributed by atoms with van der Waals surface area (Å²) in [5.41, 5.74) is 2.41. The Morgan fingerprint density at radius 3 is 2.07 bits per heavy atom. The van der Waals surface area contributed by atoms with E-state index < -0.39 is 0 Å². The summed E-state index contributed by atoms with van der Waals surface area (Å²) in [6.07, 6.45) is 0. The molecule has 0 aliphatic heterocycles. The zero-order valence-electron chi connectivity index (χ0n) is 7.68. The van der Waals surface area contributed by atoms with Crippen LogP contribution >= 0.6 is 47.8 Å². The predicted molar refractivity (Wildman–Crippen MR) is 75.0 cm³/mol. The molecule has 0 radical (unpaired) electrons. The Morgan fingerprint density at radius 2 is 1.40 bits per heavy atom. The summed E-state index contributed by atoms with van der Waals surface area (Å²) in [6, 6.07) is 14.5. The third kappa shape index (κ3) is 2.71. The van der Waals surface area contributed by atoms with Gasteiger partial charge in [-0.1, -0.05) is 34.1 Å². The standard InChI is InChI=1S/C12H7Br3/c13-10-3-1-2-8(6-10)9-4-5-11(14)12(15)7-9/h1-7H. The number of halogens is 3. The highest BCUT2D eigenvalue weighted by atomic mass is 79.9. The maximum Gasteiger partial charge on any atom is 0.0323 e. The van der Waals surface area contributed by atoms with Crippen LogP contribution in [0.25, 0.3) is 11.1 Å². The fourth-order valence-electron chi connectivity index (χ4n) is 1.34. The normalized spacial score (nSPS) is 10.3. The van der Waals surface area contributed by atoms with E-state index in [1.54, 1.807) is 0 Å². The van der Waals surface area contributed by atoms with Crippen molar-refractivity contribution in [2.75, 3.05) is 0 Å². The summed E-state index contributed by atoms with van der Waals surface area (Å²) >= 11 is 10.4. The minimum Gasteiger partial charge on any atom is -0.0605 e. The van der Waals surface area contributed by atoms with E-state index in [0.29, 0.717) is 0 Å². The fourth-order valence-corrected chi connectivity index (χ4v) is 2.37. The molecule has 2 aromatic carbocycles. The van der Waals surface area contributed by atoms with Gasteiger partial charge < -0.3 is 0 Å². The van der Waals surface area contributed by atoms with Crippen molar-refractivity contribution >= 4 is 47.8 Å². The highest BCUT2D eigenvalue weighted by Crippen LogP contribution is 2.30. The van der Waals surface area contributed by atoms with E-state index in [0.717, 1.165) is 13.4 Å². The summed E-state index contributed by atoms with van der Waals surface area (Å²) in [6.45, 7) is 0. The van der Waals surface area contributed by atoms with Crippen LogP contribution in [-0.4, -0.2) is 0 Å². The Bertz CT molecular complexity index is 492. The molecule has 76 valence electrons. The first-order chi connectivity index (χ1) is 7.16. The van der Waals surface area contributed by atoms with E-state index in [4.69, 9.17) is 0 Å². The molecule has 3 heteroatoms. The van der Waals surface area contributed by atoms with Crippen LogP contribution in [0.15, 0.2) is 55.9 Å². The van der Waals surface area contributed by atoms with Gasteiger partial charge in [0.05, 0.1) is 0 Å². The molecule has 0 amide bonds. The number of hydrogen-bond acceptors (Lipinski definition) is 0. The van der Waals surface area contributed by atoms with Gasteiger partial charge in [-0.15, -0.1) is 0 Å². The maximum absolute atomic E-state index is 3.50. The van der Waals surface area contributed by atoms with Crippen LogP contribution in [0.1, 0.15) is 0 Å². The molecule has 2 rings (SSSR count). The summed E-state index contributed by atoms with van der Waals surface area (Å²) in [7, 11) is 0. The summed E-state index contributed by atoms with van der Waals surface area (Å²) < 4.78 is 3.24. The van der Waals surface area contributed by atoms with Crippen molar-refractivity contribution in [1.82, 2.24) is 0 Å². The molecule has 0 bridgehead atoms. The number of hydrogen-bond donors (Lipinski definition) is 0. The first kappa shape index (κ1) is 11.4. The van der Waals surface area contributed by atoms with Crippen molar-refractivity contribution in [3.63, 3.8) is 0 Å². The maximum atomic E-state index is 3.50. The van der Waals surface area contributed by atoms with Gasteiger partial charge in [-0.3, -0.25) is 0 Å². The van der Waals surface area contributed by atoms with E-state index >= 15 is 0 Å². The van der Waals surface area contributed by atoms with Crippen molar-refractivity contribution in [2.45, 2.75) is 0 Å². The quantitative estimate of drug-likeness (QED) is 0.591. The van der Waals surface area contributed by atoms with Gasteiger partial charge in [0, 0.05) is 13.4 Å².